The van der Waals surface area contributed by atoms with Gasteiger partial charge in [-0.05, 0) is 32.3 Å². The molecule has 1 unspecified atom stereocenters. The number of likely N-dealkylation sites (N-methyl/N-ethyl adjacent to an activating group) is 1. The number of benzene rings is 1. The maximum Gasteiger partial charge on any atom is 0.417 e. The van der Waals surface area contributed by atoms with Crippen LogP contribution >= 0.6 is 11.6 Å². The Bertz CT molecular complexity index is 665. The predicted octanol–water partition coefficient (Wildman–Crippen LogP) is 2.39. The quantitative estimate of drug-likeness (QED) is 0.857. The summed E-state index contributed by atoms with van der Waals surface area (Å²) in [6.07, 6.45) is -4.64. The zero-order valence-electron chi connectivity index (χ0n) is 13.9. The molecule has 1 aromatic carbocycles. The number of hydrogen-bond acceptors (Lipinski definition) is 3. The standard InChI is InChI=1S/C16H19ClF3N3O2/c1-22(2)6-5-21-15(25)10-7-14(24)23(9-10)11-3-4-13(17)12(8-11)16(18,19)20/h3-4,8,10H,5-7,9H2,1-2H3,(H,21,25). The lowest BCUT2D eigenvalue weighted by Crippen LogP contribution is -2.36. The maximum absolute atomic E-state index is 13.0. The molecule has 1 saturated heterocycles. The summed E-state index contributed by atoms with van der Waals surface area (Å²) in [7, 11) is 3.73. The van der Waals surface area contributed by atoms with E-state index in [0.717, 1.165) is 12.1 Å². The van der Waals surface area contributed by atoms with E-state index >= 15 is 0 Å². The largest absolute Gasteiger partial charge is 0.417 e. The molecule has 1 N–H and O–H groups in total. The molecule has 5 nitrogen and oxygen atoms in total. The van der Waals surface area contributed by atoms with Gasteiger partial charge in [-0.3, -0.25) is 9.59 Å². The van der Waals surface area contributed by atoms with Crippen LogP contribution in [-0.2, 0) is 15.8 Å². The Labute approximate surface area is 148 Å². The van der Waals surface area contributed by atoms with Gasteiger partial charge in [-0.2, -0.15) is 13.2 Å². The van der Waals surface area contributed by atoms with Crippen LogP contribution in [0.1, 0.15) is 12.0 Å². The van der Waals surface area contributed by atoms with Gasteiger partial charge in [0.25, 0.3) is 0 Å². The smallest absolute Gasteiger partial charge is 0.355 e. The first-order valence-corrected chi connectivity index (χ1v) is 8.07. The molecule has 25 heavy (non-hydrogen) atoms. The maximum atomic E-state index is 13.0. The van der Waals surface area contributed by atoms with E-state index in [9.17, 15) is 22.8 Å². The number of nitrogens with one attached hydrogen (secondary N) is 1. The van der Waals surface area contributed by atoms with E-state index in [0.29, 0.717) is 13.1 Å². The summed E-state index contributed by atoms with van der Waals surface area (Å²) >= 11 is 5.59. The number of rotatable bonds is 5. The van der Waals surface area contributed by atoms with Gasteiger partial charge in [0.05, 0.1) is 16.5 Å². The number of amides is 2. The Morgan fingerprint density at radius 2 is 2.08 bits per heavy atom. The van der Waals surface area contributed by atoms with E-state index in [1.54, 1.807) is 0 Å². The second-order valence-corrected chi connectivity index (χ2v) is 6.57. The summed E-state index contributed by atoms with van der Waals surface area (Å²) in [6, 6.07) is 3.30. The highest BCUT2D eigenvalue weighted by atomic mass is 35.5. The molecule has 1 heterocycles. The van der Waals surface area contributed by atoms with Crippen LogP contribution in [0.25, 0.3) is 0 Å². The average Bonchev–Trinajstić information content (AvgIpc) is 2.88. The molecule has 9 heteroatoms. The van der Waals surface area contributed by atoms with Crippen molar-refractivity contribution in [1.29, 1.82) is 0 Å². The Kier molecular flexibility index (Phi) is 5.95. The lowest BCUT2D eigenvalue weighted by Gasteiger charge is -2.19. The van der Waals surface area contributed by atoms with Gasteiger partial charge < -0.3 is 15.1 Å². The molecule has 138 valence electrons. The van der Waals surface area contributed by atoms with Gasteiger partial charge in [0.2, 0.25) is 11.8 Å². The van der Waals surface area contributed by atoms with Crippen LogP contribution in [0, 0.1) is 5.92 Å². The molecule has 2 amide bonds. The molecule has 2 rings (SSSR count). The van der Waals surface area contributed by atoms with E-state index in [1.807, 2.05) is 19.0 Å². The topological polar surface area (TPSA) is 52.7 Å². The number of nitrogens with zero attached hydrogens (tertiary/aromatic N) is 2. The van der Waals surface area contributed by atoms with Crippen molar-refractivity contribution in [2.45, 2.75) is 12.6 Å². The van der Waals surface area contributed by atoms with Crippen LogP contribution in [0.3, 0.4) is 0 Å². The highest BCUT2D eigenvalue weighted by molar-refractivity contribution is 6.31. The highest BCUT2D eigenvalue weighted by Crippen LogP contribution is 2.38. The lowest BCUT2D eigenvalue weighted by molar-refractivity contribution is -0.137. The minimum Gasteiger partial charge on any atom is -0.355 e. The summed E-state index contributed by atoms with van der Waals surface area (Å²) in [5.41, 5.74) is -0.913. The molecule has 0 saturated carbocycles. The minimum atomic E-state index is -4.61. The third-order valence-electron chi connectivity index (χ3n) is 3.92. The van der Waals surface area contributed by atoms with Gasteiger partial charge in [0, 0.05) is 31.7 Å². The number of halogens is 4. The monoisotopic (exact) mass is 377 g/mol. The van der Waals surface area contributed by atoms with Crippen molar-refractivity contribution in [2.24, 2.45) is 5.92 Å². The molecule has 0 radical (unpaired) electrons. The Balaban J connectivity index is 2.09. The van der Waals surface area contributed by atoms with Crippen LogP contribution in [0.2, 0.25) is 5.02 Å². The fourth-order valence-electron chi connectivity index (χ4n) is 2.58. The summed E-state index contributed by atoms with van der Waals surface area (Å²) in [6.45, 7) is 1.14. The van der Waals surface area contributed by atoms with E-state index < -0.39 is 22.7 Å². The van der Waals surface area contributed by atoms with E-state index in [1.165, 1.54) is 11.0 Å². The van der Waals surface area contributed by atoms with Gasteiger partial charge >= 0.3 is 6.18 Å². The van der Waals surface area contributed by atoms with E-state index in [4.69, 9.17) is 11.6 Å². The summed E-state index contributed by atoms with van der Waals surface area (Å²) in [5.74, 6) is -1.24. The van der Waals surface area contributed by atoms with Crippen LogP contribution in [0.5, 0.6) is 0 Å². The lowest BCUT2D eigenvalue weighted by atomic mass is 10.1. The second kappa shape index (κ2) is 7.61. The Morgan fingerprint density at radius 1 is 1.40 bits per heavy atom. The normalized spacial score (nSPS) is 18.1. The molecule has 0 bridgehead atoms. The SMILES string of the molecule is CN(C)CCNC(=O)C1CC(=O)N(c2ccc(Cl)c(C(F)(F)F)c2)C1. The fourth-order valence-corrected chi connectivity index (χ4v) is 2.80. The van der Waals surface area contributed by atoms with Crippen LogP contribution in [0.15, 0.2) is 18.2 Å². The van der Waals surface area contributed by atoms with Gasteiger partial charge in [0.15, 0.2) is 0 Å². The Hall–Kier alpha value is -1.80. The van der Waals surface area contributed by atoms with Crippen LogP contribution in [-0.4, -0.2) is 50.4 Å². The first-order chi connectivity index (χ1) is 11.6. The van der Waals surface area contributed by atoms with E-state index in [2.05, 4.69) is 5.32 Å². The fraction of sp³-hybridized carbons (Fsp3) is 0.500. The number of alkyl halides is 3. The molecular formula is C16H19ClF3N3O2. The zero-order chi connectivity index (χ0) is 18.8. The zero-order valence-corrected chi connectivity index (χ0v) is 14.6. The molecule has 0 spiro atoms. The van der Waals surface area contributed by atoms with Crippen LogP contribution < -0.4 is 10.2 Å². The third kappa shape index (κ3) is 4.85. The summed E-state index contributed by atoms with van der Waals surface area (Å²) in [4.78, 5) is 27.4. The molecule has 1 fully saturated rings. The van der Waals surface area contributed by atoms with Crippen molar-refractivity contribution < 1.29 is 22.8 Å². The molecule has 1 aromatic rings. The Morgan fingerprint density at radius 3 is 2.68 bits per heavy atom. The molecule has 0 aliphatic carbocycles. The van der Waals surface area contributed by atoms with Crippen molar-refractivity contribution >= 4 is 29.1 Å². The number of carbonyl (C=O) groups excluding carboxylic acids is 2. The van der Waals surface area contributed by atoms with Gasteiger partial charge in [0.1, 0.15) is 0 Å². The number of carbonyl (C=O) groups is 2. The van der Waals surface area contributed by atoms with Crippen molar-refractivity contribution in [3.8, 4) is 0 Å². The minimum absolute atomic E-state index is 0.0300. The molecule has 1 aliphatic heterocycles. The first kappa shape index (κ1) is 19.5. The molecule has 0 aromatic heterocycles. The van der Waals surface area contributed by atoms with Gasteiger partial charge in [-0.1, -0.05) is 11.6 Å². The molecular weight excluding hydrogens is 359 g/mol. The van der Waals surface area contributed by atoms with Crippen molar-refractivity contribution in [1.82, 2.24) is 10.2 Å². The van der Waals surface area contributed by atoms with E-state index in [-0.39, 0.29) is 30.5 Å². The second-order valence-electron chi connectivity index (χ2n) is 6.16. The first-order valence-electron chi connectivity index (χ1n) is 7.69. The van der Waals surface area contributed by atoms with Crippen molar-refractivity contribution in [2.75, 3.05) is 38.6 Å². The summed E-state index contributed by atoms with van der Waals surface area (Å²) < 4.78 is 38.9. The third-order valence-corrected chi connectivity index (χ3v) is 4.25. The van der Waals surface area contributed by atoms with Crippen molar-refractivity contribution in [3.05, 3.63) is 28.8 Å². The predicted molar refractivity (Wildman–Crippen MR) is 88.5 cm³/mol. The van der Waals surface area contributed by atoms with Crippen LogP contribution in [0.4, 0.5) is 18.9 Å². The average molecular weight is 378 g/mol. The highest BCUT2D eigenvalue weighted by Gasteiger charge is 2.37. The number of hydrogen-bond donors (Lipinski definition) is 1. The number of anilines is 1. The van der Waals surface area contributed by atoms with Gasteiger partial charge in [-0.15, -0.1) is 0 Å². The summed E-state index contributed by atoms with van der Waals surface area (Å²) in [5, 5.41) is 2.30. The molecule has 1 atom stereocenters. The van der Waals surface area contributed by atoms with Crippen molar-refractivity contribution in [3.63, 3.8) is 0 Å². The van der Waals surface area contributed by atoms with Gasteiger partial charge in [-0.25, -0.2) is 0 Å². The molecule has 1 aliphatic rings.